The number of rotatable bonds is 4. The van der Waals surface area contributed by atoms with Crippen LogP contribution in [0, 0.1) is 0 Å². The van der Waals surface area contributed by atoms with Crippen molar-refractivity contribution in [1.82, 2.24) is 0 Å². The summed E-state index contributed by atoms with van der Waals surface area (Å²) in [7, 11) is -1.07. The first-order valence-corrected chi connectivity index (χ1v) is 7.17. The van der Waals surface area contributed by atoms with E-state index in [1.165, 1.54) is 12.3 Å². The molecule has 1 N–H and O–H groups in total. The van der Waals surface area contributed by atoms with Crippen LogP contribution in [0.15, 0.2) is 58.1 Å². The molecule has 98 valence electrons. The zero-order valence-electron chi connectivity index (χ0n) is 10.3. The van der Waals surface area contributed by atoms with Gasteiger partial charge in [-0.1, -0.05) is 6.07 Å². The number of hydrogen-bond acceptors (Lipinski definition) is 3. The van der Waals surface area contributed by atoms with Gasteiger partial charge in [0.05, 0.1) is 6.26 Å². The number of nitrogens with one attached hydrogen (secondary N) is 1. The van der Waals surface area contributed by atoms with Gasteiger partial charge < -0.3 is 9.73 Å². The van der Waals surface area contributed by atoms with Crippen molar-refractivity contribution >= 4 is 28.5 Å². The zero-order valence-corrected chi connectivity index (χ0v) is 11.1. The van der Waals surface area contributed by atoms with Gasteiger partial charge in [0.15, 0.2) is 0 Å². The molecule has 1 amide bonds. The van der Waals surface area contributed by atoms with Crippen LogP contribution < -0.4 is 5.32 Å². The van der Waals surface area contributed by atoms with E-state index < -0.39 is 10.8 Å². The quantitative estimate of drug-likeness (QED) is 0.873. The number of anilines is 1. The number of benzene rings is 1. The van der Waals surface area contributed by atoms with Crippen LogP contribution in [-0.2, 0) is 15.6 Å². The highest BCUT2D eigenvalue weighted by Gasteiger charge is 2.01. The second-order valence-corrected chi connectivity index (χ2v) is 5.20. The van der Waals surface area contributed by atoms with Crippen molar-refractivity contribution in [2.45, 2.75) is 4.90 Å². The van der Waals surface area contributed by atoms with Gasteiger partial charge in [-0.3, -0.25) is 9.00 Å². The number of hydrogen-bond donors (Lipinski definition) is 1. The normalized spacial score (nSPS) is 12.5. The van der Waals surface area contributed by atoms with Crippen LogP contribution in [0.2, 0.25) is 0 Å². The Hall–Kier alpha value is -2.14. The summed E-state index contributed by atoms with van der Waals surface area (Å²) in [4.78, 5) is 12.3. The fourth-order valence-corrected chi connectivity index (χ4v) is 2.04. The maximum absolute atomic E-state index is 11.7. The van der Waals surface area contributed by atoms with E-state index in [9.17, 15) is 9.00 Å². The van der Waals surface area contributed by atoms with E-state index in [1.54, 1.807) is 48.7 Å². The summed E-state index contributed by atoms with van der Waals surface area (Å²) in [5.41, 5.74) is 0.613. The van der Waals surface area contributed by atoms with Crippen molar-refractivity contribution in [3.05, 3.63) is 54.5 Å². The van der Waals surface area contributed by atoms with Crippen molar-refractivity contribution < 1.29 is 13.4 Å². The molecule has 5 heteroatoms. The topological polar surface area (TPSA) is 59.3 Å². The lowest BCUT2D eigenvalue weighted by molar-refractivity contribution is -0.111. The molecule has 0 spiro atoms. The highest BCUT2D eigenvalue weighted by Crippen LogP contribution is 2.13. The molecule has 0 saturated carbocycles. The lowest BCUT2D eigenvalue weighted by Crippen LogP contribution is -2.07. The van der Waals surface area contributed by atoms with Crippen molar-refractivity contribution in [3.8, 4) is 0 Å². The van der Waals surface area contributed by atoms with E-state index in [0.29, 0.717) is 16.3 Å². The Bertz CT molecular complexity index is 617. The minimum absolute atomic E-state index is 0.268. The molecule has 0 saturated heterocycles. The largest absolute Gasteiger partial charge is 0.465 e. The van der Waals surface area contributed by atoms with Gasteiger partial charge in [-0.15, -0.1) is 0 Å². The molecule has 0 aliphatic heterocycles. The summed E-state index contributed by atoms with van der Waals surface area (Å²) < 4.78 is 16.4. The van der Waals surface area contributed by atoms with Crippen LogP contribution in [0.4, 0.5) is 5.69 Å². The van der Waals surface area contributed by atoms with Gasteiger partial charge in [0.25, 0.3) is 0 Å². The van der Waals surface area contributed by atoms with Crippen molar-refractivity contribution in [1.29, 1.82) is 0 Å². The van der Waals surface area contributed by atoms with Gasteiger partial charge >= 0.3 is 0 Å². The summed E-state index contributed by atoms with van der Waals surface area (Å²) in [6, 6.07) is 10.4. The van der Waals surface area contributed by atoms with Gasteiger partial charge in [-0.05, 0) is 36.4 Å². The Morgan fingerprint density at radius 1 is 1.32 bits per heavy atom. The Labute approximate surface area is 113 Å². The van der Waals surface area contributed by atoms with Gasteiger partial charge in [-0.2, -0.15) is 0 Å². The molecule has 0 fully saturated rings. The molecule has 2 rings (SSSR count). The molecule has 0 aliphatic rings. The molecule has 2 aromatic rings. The average molecular weight is 275 g/mol. The number of furan rings is 1. The monoisotopic (exact) mass is 275 g/mol. The van der Waals surface area contributed by atoms with E-state index in [1.807, 2.05) is 0 Å². The average Bonchev–Trinajstić information content (AvgIpc) is 2.90. The van der Waals surface area contributed by atoms with E-state index in [0.717, 1.165) is 0 Å². The van der Waals surface area contributed by atoms with Gasteiger partial charge in [0.1, 0.15) is 5.76 Å². The number of amides is 1. The highest BCUT2D eigenvalue weighted by molar-refractivity contribution is 7.84. The van der Waals surface area contributed by atoms with Gasteiger partial charge in [0, 0.05) is 33.7 Å². The SMILES string of the molecule is C[S@](=O)c1cccc(NC(=O)/C=C/c2ccco2)c1. The molecule has 1 atom stereocenters. The number of carbonyl (C=O) groups excluding carboxylic acids is 1. The second kappa shape index (κ2) is 6.15. The molecule has 4 nitrogen and oxygen atoms in total. The Morgan fingerprint density at radius 2 is 2.16 bits per heavy atom. The Balaban J connectivity index is 2.03. The molecule has 1 heterocycles. The summed E-state index contributed by atoms with van der Waals surface area (Å²) in [6.07, 6.45) is 6.10. The minimum atomic E-state index is -1.07. The van der Waals surface area contributed by atoms with Crippen LogP contribution in [-0.4, -0.2) is 16.4 Å². The molecule has 0 bridgehead atoms. The van der Waals surface area contributed by atoms with Crippen molar-refractivity contribution in [2.24, 2.45) is 0 Å². The summed E-state index contributed by atoms with van der Waals surface area (Å²) in [5, 5.41) is 2.70. The lowest BCUT2D eigenvalue weighted by Gasteiger charge is -2.03. The first-order chi connectivity index (χ1) is 9.15. The van der Waals surface area contributed by atoms with Crippen LogP contribution in [0.3, 0.4) is 0 Å². The van der Waals surface area contributed by atoms with E-state index in [4.69, 9.17) is 4.42 Å². The van der Waals surface area contributed by atoms with E-state index >= 15 is 0 Å². The zero-order chi connectivity index (χ0) is 13.7. The third-order valence-corrected chi connectivity index (χ3v) is 3.29. The molecule has 0 unspecified atom stereocenters. The second-order valence-electron chi connectivity index (χ2n) is 3.82. The van der Waals surface area contributed by atoms with Gasteiger partial charge in [-0.25, -0.2) is 0 Å². The van der Waals surface area contributed by atoms with Crippen LogP contribution in [0.25, 0.3) is 6.08 Å². The van der Waals surface area contributed by atoms with Gasteiger partial charge in [0.2, 0.25) is 5.91 Å². The Kier molecular flexibility index (Phi) is 4.30. The predicted octanol–water partition coefficient (Wildman–Crippen LogP) is 2.67. The lowest BCUT2D eigenvalue weighted by atomic mass is 10.3. The maximum Gasteiger partial charge on any atom is 0.248 e. The molecular weight excluding hydrogens is 262 g/mol. The van der Waals surface area contributed by atoms with Crippen molar-refractivity contribution in [3.63, 3.8) is 0 Å². The molecule has 0 radical (unpaired) electrons. The first kappa shape index (κ1) is 13.3. The summed E-state index contributed by atoms with van der Waals surface area (Å²) in [6.45, 7) is 0. The predicted molar refractivity (Wildman–Crippen MR) is 75.1 cm³/mol. The Morgan fingerprint density at radius 3 is 2.84 bits per heavy atom. The molecule has 1 aromatic carbocycles. The van der Waals surface area contributed by atoms with E-state index in [-0.39, 0.29) is 5.91 Å². The van der Waals surface area contributed by atoms with Crippen molar-refractivity contribution in [2.75, 3.05) is 11.6 Å². The molecule has 19 heavy (non-hydrogen) atoms. The first-order valence-electron chi connectivity index (χ1n) is 5.61. The molecular formula is C14H13NO3S. The van der Waals surface area contributed by atoms with E-state index in [2.05, 4.69) is 5.32 Å². The smallest absolute Gasteiger partial charge is 0.248 e. The summed E-state index contributed by atoms with van der Waals surface area (Å²) >= 11 is 0. The summed E-state index contributed by atoms with van der Waals surface area (Å²) in [5.74, 6) is 0.342. The molecule has 0 aliphatic carbocycles. The fraction of sp³-hybridized carbons (Fsp3) is 0.0714. The minimum Gasteiger partial charge on any atom is -0.465 e. The standard InChI is InChI=1S/C14H13NO3S/c1-19(17)13-6-2-4-11(10-13)15-14(16)8-7-12-5-3-9-18-12/h2-10H,1H3,(H,15,16)/b8-7+/t19-/m0/s1. The highest BCUT2D eigenvalue weighted by atomic mass is 32.2. The van der Waals surface area contributed by atoms with Crippen LogP contribution in [0.5, 0.6) is 0 Å². The van der Waals surface area contributed by atoms with Crippen LogP contribution >= 0.6 is 0 Å². The molecule has 1 aromatic heterocycles. The third-order valence-electron chi connectivity index (χ3n) is 2.38. The number of carbonyl (C=O) groups is 1. The maximum atomic E-state index is 11.7. The fourth-order valence-electron chi connectivity index (χ4n) is 1.48. The van der Waals surface area contributed by atoms with Crippen LogP contribution in [0.1, 0.15) is 5.76 Å². The third kappa shape index (κ3) is 3.93.